The third kappa shape index (κ3) is 4.18. The number of carbonyl (C=O) groups is 3. The molecule has 0 N–H and O–H groups in total. The molecule has 0 spiro atoms. The Kier molecular flexibility index (Phi) is 6.18. The van der Waals surface area contributed by atoms with Gasteiger partial charge in [-0.25, -0.2) is 0 Å². The SMILES string of the molecule is CCOc1ccc(-n2c3c(c(C4C(=O)c5ccccc5C4=O)c2-c2ccc(Br)cc2)C(=O)CC(C)(C)C3)cc1. The van der Waals surface area contributed by atoms with Crippen LogP contribution in [0.5, 0.6) is 5.75 Å². The highest BCUT2D eigenvalue weighted by molar-refractivity contribution is 9.10. The Morgan fingerprint density at radius 2 is 1.49 bits per heavy atom. The highest BCUT2D eigenvalue weighted by Gasteiger charge is 2.47. The largest absolute Gasteiger partial charge is 0.494 e. The number of hydrogen-bond donors (Lipinski definition) is 0. The molecule has 39 heavy (non-hydrogen) atoms. The van der Waals surface area contributed by atoms with Crippen molar-refractivity contribution in [1.29, 1.82) is 0 Å². The van der Waals surface area contributed by atoms with Gasteiger partial charge in [0.25, 0.3) is 0 Å². The Bertz CT molecular complexity index is 1610. The van der Waals surface area contributed by atoms with E-state index in [-0.39, 0.29) is 22.8 Å². The minimum atomic E-state index is -1.07. The van der Waals surface area contributed by atoms with Crippen molar-refractivity contribution in [3.8, 4) is 22.7 Å². The quantitative estimate of drug-likeness (QED) is 0.227. The molecule has 0 amide bonds. The number of benzene rings is 3. The van der Waals surface area contributed by atoms with Gasteiger partial charge in [-0.2, -0.15) is 0 Å². The first kappa shape index (κ1) is 25.5. The molecule has 0 unspecified atom stereocenters. The first-order valence-electron chi connectivity index (χ1n) is 13.2. The lowest BCUT2D eigenvalue weighted by atomic mass is 9.74. The molecule has 0 bridgehead atoms. The number of ketones is 3. The van der Waals surface area contributed by atoms with Crippen molar-refractivity contribution in [2.45, 2.75) is 39.5 Å². The van der Waals surface area contributed by atoms with Crippen LogP contribution in [0.4, 0.5) is 0 Å². The lowest BCUT2D eigenvalue weighted by molar-refractivity contribution is 0.0888. The molecular weight excluding hydrogens is 554 g/mol. The van der Waals surface area contributed by atoms with E-state index in [2.05, 4.69) is 34.3 Å². The molecule has 0 fully saturated rings. The monoisotopic (exact) mass is 581 g/mol. The van der Waals surface area contributed by atoms with E-state index in [4.69, 9.17) is 4.74 Å². The zero-order valence-corrected chi connectivity index (χ0v) is 23.7. The average molecular weight is 582 g/mol. The summed E-state index contributed by atoms with van der Waals surface area (Å²) in [6.07, 6.45) is 0.981. The van der Waals surface area contributed by atoms with Gasteiger partial charge >= 0.3 is 0 Å². The summed E-state index contributed by atoms with van der Waals surface area (Å²) in [6, 6.07) is 22.5. The fourth-order valence-corrected chi connectivity index (χ4v) is 6.34. The van der Waals surface area contributed by atoms with Crippen LogP contribution in [0, 0.1) is 5.41 Å². The smallest absolute Gasteiger partial charge is 0.178 e. The van der Waals surface area contributed by atoms with Gasteiger partial charge in [-0.3, -0.25) is 14.4 Å². The second kappa shape index (κ2) is 9.45. The van der Waals surface area contributed by atoms with Crippen LogP contribution in [-0.4, -0.2) is 28.5 Å². The van der Waals surface area contributed by atoms with E-state index in [9.17, 15) is 14.4 Å². The molecule has 4 aromatic rings. The molecule has 2 aliphatic rings. The molecule has 5 nitrogen and oxygen atoms in total. The number of aromatic nitrogens is 1. The zero-order chi connectivity index (χ0) is 27.5. The van der Waals surface area contributed by atoms with Crippen LogP contribution in [0.3, 0.4) is 0 Å². The normalized spacial score (nSPS) is 16.4. The van der Waals surface area contributed by atoms with Gasteiger partial charge in [0.2, 0.25) is 0 Å². The van der Waals surface area contributed by atoms with Crippen molar-refractivity contribution in [1.82, 2.24) is 4.57 Å². The second-order valence-corrected chi connectivity index (χ2v) is 11.9. The summed E-state index contributed by atoms with van der Waals surface area (Å²) in [5, 5.41) is 0. The maximum atomic E-state index is 13.9. The van der Waals surface area contributed by atoms with Crippen LogP contribution >= 0.6 is 15.9 Å². The fraction of sp³-hybridized carbons (Fsp3) is 0.242. The number of halogens is 1. The molecule has 1 aromatic heterocycles. The first-order chi connectivity index (χ1) is 18.7. The summed E-state index contributed by atoms with van der Waals surface area (Å²) >= 11 is 3.53. The summed E-state index contributed by atoms with van der Waals surface area (Å²) in [6.45, 7) is 6.67. The number of Topliss-reactive ketones (excluding diaryl/α,β-unsaturated/α-hetero) is 3. The highest BCUT2D eigenvalue weighted by atomic mass is 79.9. The van der Waals surface area contributed by atoms with Gasteiger partial charge in [-0.1, -0.05) is 66.2 Å². The van der Waals surface area contributed by atoms with Crippen molar-refractivity contribution >= 4 is 33.3 Å². The van der Waals surface area contributed by atoms with Crippen LogP contribution in [-0.2, 0) is 6.42 Å². The molecule has 6 rings (SSSR count). The van der Waals surface area contributed by atoms with E-state index in [1.165, 1.54) is 0 Å². The van der Waals surface area contributed by atoms with Gasteiger partial charge in [0.15, 0.2) is 17.3 Å². The summed E-state index contributed by atoms with van der Waals surface area (Å²) in [5.74, 6) is -0.850. The van der Waals surface area contributed by atoms with Crippen molar-refractivity contribution in [3.05, 3.63) is 105 Å². The molecule has 1 heterocycles. The van der Waals surface area contributed by atoms with Crippen molar-refractivity contribution < 1.29 is 19.1 Å². The van der Waals surface area contributed by atoms with Gasteiger partial charge in [0, 0.05) is 44.5 Å². The van der Waals surface area contributed by atoms with Crippen LogP contribution in [0.1, 0.15) is 75.4 Å². The van der Waals surface area contributed by atoms with E-state index in [0.29, 0.717) is 47.4 Å². The number of carbonyl (C=O) groups excluding carboxylic acids is 3. The summed E-state index contributed by atoms with van der Waals surface area (Å²) in [5.41, 5.74) is 4.83. The third-order valence-corrected chi connectivity index (χ3v) is 8.19. The van der Waals surface area contributed by atoms with E-state index in [1.807, 2.05) is 55.5 Å². The Morgan fingerprint density at radius 3 is 2.08 bits per heavy atom. The molecule has 6 heteroatoms. The molecule has 196 valence electrons. The Hall–Kier alpha value is -3.77. The van der Waals surface area contributed by atoms with Crippen LogP contribution < -0.4 is 4.74 Å². The first-order valence-corrected chi connectivity index (χ1v) is 14.0. The van der Waals surface area contributed by atoms with Crippen molar-refractivity contribution in [2.75, 3.05) is 6.61 Å². The fourth-order valence-electron chi connectivity index (χ4n) is 6.08. The molecule has 3 aromatic carbocycles. The van der Waals surface area contributed by atoms with Crippen LogP contribution in [0.15, 0.2) is 77.3 Å². The maximum Gasteiger partial charge on any atom is 0.178 e. The zero-order valence-electron chi connectivity index (χ0n) is 22.1. The predicted molar refractivity (Wildman–Crippen MR) is 154 cm³/mol. The molecule has 0 atom stereocenters. The molecular formula is C33H28BrNO4. The number of hydrogen-bond acceptors (Lipinski definition) is 4. The third-order valence-electron chi connectivity index (χ3n) is 7.67. The average Bonchev–Trinajstić information content (AvgIpc) is 3.36. The Morgan fingerprint density at radius 1 is 0.872 bits per heavy atom. The summed E-state index contributed by atoms with van der Waals surface area (Å²) < 4.78 is 8.68. The topological polar surface area (TPSA) is 65.4 Å². The lowest BCUT2D eigenvalue weighted by Crippen LogP contribution is -2.29. The molecule has 0 radical (unpaired) electrons. The van der Waals surface area contributed by atoms with E-state index in [0.717, 1.165) is 27.2 Å². The molecule has 2 aliphatic carbocycles. The van der Waals surface area contributed by atoms with Gasteiger partial charge in [0.1, 0.15) is 11.7 Å². The van der Waals surface area contributed by atoms with Gasteiger partial charge in [-0.15, -0.1) is 0 Å². The number of fused-ring (bicyclic) bond motifs is 2. The van der Waals surface area contributed by atoms with Crippen LogP contribution in [0.25, 0.3) is 16.9 Å². The maximum absolute atomic E-state index is 13.9. The van der Waals surface area contributed by atoms with E-state index in [1.54, 1.807) is 24.3 Å². The van der Waals surface area contributed by atoms with E-state index >= 15 is 0 Å². The number of nitrogens with zero attached hydrogens (tertiary/aromatic N) is 1. The lowest BCUT2D eigenvalue weighted by Gasteiger charge is -2.30. The van der Waals surface area contributed by atoms with Crippen LogP contribution in [0.2, 0.25) is 0 Å². The predicted octanol–water partition coefficient (Wildman–Crippen LogP) is 7.62. The van der Waals surface area contributed by atoms with Crippen molar-refractivity contribution in [2.24, 2.45) is 5.41 Å². The molecule has 0 saturated heterocycles. The van der Waals surface area contributed by atoms with Gasteiger partial charge in [0.05, 0.1) is 12.3 Å². The molecule has 0 saturated carbocycles. The minimum absolute atomic E-state index is 0.0316. The van der Waals surface area contributed by atoms with Gasteiger partial charge < -0.3 is 9.30 Å². The van der Waals surface area contributed by atoms with E-state index < -0.39 is 5.92 Å². The summed E-state index contributed by atoms with van der Waals surface area (Å²) in [4.78, 5) is 41.6. The number of ether oxygens (including phenoxy) is 1. The summed E-state index contributed by atoms with van der Waals surface area (Å²) in [7, 11) is 0. The second-order valence-electron chi connectivity index (χ2n) is 11.0. The Labute approximate surface area is 235 Å². The highest BCUT2D eigenvalue weighted by Crippen LogP contribution is 2.48. The Balaban J connectivity index is 1.69. The molecule has 0 aliphatic heterocycles. The van der Waals surface area contributed by atoms with Crippen molar-refractivity contribution in [3.63, 3.8) is 0 Å². The standard InChI is InChI=1S/C33H28BrNO4/c1-4-39-22-15-13-21(14-16-22)35-25-17-33(2,3)18-26(36)27(25)28(30(35)19-9-11-20(34)12-10-19)29-31(37)23-7-5-6-8-24(23)32(29)38/h5-16,29H,4,17-18H2,1-3H3. The van der Waals surface area contributed by atoms with Gasteiger partial charge in [-0.05, 0) is 60.7 Å². The number of rotatable bonds is 5. The minimum Gasteiger partial charge on any atom is -0.494 e.